The van der Waals surface area contributed by atoms with Crippen molar-refractivity contribution in [2.45, 2.75) is 6.92 Å². The molecule has 0 atom stereocenters. The number of carbonyl (C=O) groups is 1. The number of aromatic hydroxyl groups is 1. The third-order valence-corrected chi connectivity index (χ3v) is 2.71. The molecule has 3 heteroatoms. The Hall–Kier alpha value is -2.73. The van der Waals surface area contributed by atoms with Crippen molar-refractivity contribution in [1.29, 1.82) is 0 Å². The minimum absolute atomic E-state index is 0.152. The Bertz CT molecular complexity index is 664. The molecule has 0 spiro atoms. The molecule has 2 aromatic carbocycles. The zero-order valence-corrected chi connectivity index (χ0v) is 11.1. The van der Waals surface area contributed by atoms with E-state index in [1.165, 1.54) is 0 Å². The summed E-state index contributed by atoms with van der Waals surface area (Å²) < 4.78 is 5.24. The van der Waals surface area contributed by atoms with Crippen molar-refractivity contribution in [1.82, 2.24) is 0 Å². The molecule has 0 aromatic heterocycles. The summed E-state index contributed by atoms with van der Waals surface area (Å²) in [5, 5.41) is 9.97. The van der Waals surface area contributed by atoms with Crippen LogP contribution in [0.1, 0.15) is 28.4 Å². The normalized spacial score (nSPS) is 9.45. The van der Waals surface area contributed by atoms with Crippen molar-refractivity contribution in [2.75, 3.05) is 6.61 Å². The fraction of sp³-hybridized carbons (Fsp3) is 0.118. The molecule has 1 N–H and O–H groups in total. The van der Waals surface area contributed by atoms with Crippen LogP contribution in [0, 0.1) is 11.8 Å². The smallest absolute Gasteiger partial charge is 0.169 e. The molecule has 0 aliphatic carbocycles. The number of benzene rings is 2. The molecule has 0 heterocycles. The molecule has 0 aliphatic heterocycles. The van der Waals surface area contributed by atoms with Crippen LogP contribution in [0.2, 0.25) is 0 Å². The summed E-state index contributed by atoms with van der Waals surface area (Å²) in [6.45, 7) is 2.23. The first-order valence-electron chi connectivity index (χ1n) is 6.27. The quantitative estimate of drug-likeness (QED) is 0.686. The highest BCUT2D eigenvalue weighted by atomic mass is 16.5. The molecule has 0 unspecified atom stereocenters. The van der Waals surface area contributed by atoms with Crippen LogP contribution in [0.3, 0.4) is 0 Å². The Balaban J connectivity index is 2.41. The second-order valence-electron chi connectivity index (χ2n) is 4.04. The Kier molecular flexibility index (Phi) is 4.41. The summed E-state index contributed by atoms with van der Waals surface area (Å²) >= 11 is 0. The molecular weight excluding hydrogens is 252 g/mol. The highest BCUT2D eigenvalue weighted by molar-refractivity contribution is 5.85. The first-order chi connectivity index (χ1) is 9.76. The SMILES string of the molecule is CCOc1ccc(C#Cc2ccccc2)c(C=O)c1O. The van der Waals surface area contributed by atoms with E-state index in [1.54, 1.807) is 12.1 Å². The molecule has 0 fully saturated rings. The van der Waals surface area contributed by atoms with Crippen LogP contribution in [0.25, 0.3) is 0 Å². The van der Waals surface area contributed by atoms with E-state index < -0.39 is 0 Å². The molecule has 100 valence electrons. The van der Waals surface area contributed by atoms with E-state index in [1.807, 2.05) is 37.3 Å². The van der Waals surface area contributed by atoms with Gasteiger partial charge in [0, 0.05) is 11.1 Å². The van der Waals surface area contributed by atoms with Gasteiger partial charge in [-0.15, -0.1) is 0 Å². The van der Waals surface area contributed by atoms with E-state index in [9.17, 15) is 9.90 Å². The average molecular weight is 266 g/mol. The van der Waals surface area contributed by atoms with Crippen LogP contribution in [-0.4, -0.2) is 18.0 Å². The van der Waals surface area contributed by atoms with Crippen LogP contribution < -0.4 is 4.74 Å². The zero-order valence-electron chi connectivity index (χ0n) is 11.1. The maximum atomic E-state index is 11.1. The van der Waals surface area contributed by atoms with Gasteiger partial charge in [-0.05, 0) is 31.2 Å². The third kappa shape index (κ3) is 2.99. The minimum atomic E-state index is -0.165. The van der Waals surface area contributed by atoms with E-state index >= 15 is 0 Å². The van der Waals surface area contributed by atoms with Crippen LogP contribution in [0.15, 0.2) is 42.5 Å². The van der Waals surface area contributed by atoms with Gasteiger partial charge >= 0.3 is 0 Å². The van der Waals surface area contributed by atoms with Gasteiger partial charge in [0.05, 0.1) is 12.2 Å². The molecule has 0 saturated heterocycles. The van der Waals surface area contributed by atoms with Gasteiger partial charge in [0.25, 0.3) is 0 Å². The van der Waals surface area contributed by atoms with Crippen molar-refractivity contribution in [3.8, 4) is 23.3 Å². The molecule has 0 aliphatic rings. The average Bonchev–Trinajstić information content (AvgIpc) is 2.49. The van der Waals surface area contributed by atoms with Gasteiger partial charge in [0.15, 0.2) is 17.8 Å². The van der Waals surface area contributed by atoms with Crippen molar-refractivity contribution >= 4 is 6.29 Å². The lowest BCUT2D eigenvalue weighted by atomic mass is 10.1. The number of carbonyl (C=O) groups excluding carboxylic acids is 1. The summed E-state index contributed by atoms with van der Waals surface area (Å²) in [6, 6.07) is 12.7. The molecule has 2 aromatic rings. The lowest BCUT2D eigenvalue weighted by Gasteiger charge is -2.08. The molecule has 3 nitrogen and oxygen atoms in total. The molecular formula is C17H14O3. The van der Waals surface area contributed by atoms with Crippen molar-refractivity contribution in [3.63, 3.8) is 0 Å². The summed E-state index contributed by atoms with van der Waals surface area (Å²) in [7, 11) is 0. The maximum absolute atomic E-state index is 11.1. The number of aldehydes is 1. The number of phenols is 1. The second kappa shape index (κ2) is 6.44. The summed E-state index contributed by atoms with van der Waals surface area (Å²) in [4.78, 5) is 11.1. The predicted octanol–water partition coefficient (Wildman–Crippen LogP) is 3.00. The maximum Gasteiger partial charge on any atom is 0.169 e. The number of rotatable bonds is 3. The van der Waals surface area contributed by atoms with Gasteiger partial charge < -0.3 is 9.84 Å². The van der Waals surface area contributed by atoms with Crippen molar-refractivity contribution in [2.24, 2.45) is 0 Å². The summed E-state index contributed by atoms with van der Waals surface area (Å²) in [5.41, 5.74) is 1.47. The van der Waals surface area contributed by atoms with Crippen LogP contribution in [0.5, 0.6) is 11.5 Å². The predicted molar refractivity (Wildman–Crippen MR) is 77.1 cm³/mol. The molecule has 20 heavy (non-hydrogen) atoms. The standard InChI is InChI=1S/C17H14O3/c1-2-20-16-11-10-14(15(12-18)17(16)19)9-8-13-6-4-3-5-7-13/h3-7,10-12,19H,2H2,1H3. The number of hydrogen-bond donors (Lipinski definition) is 1. The van der Waals surface area contributed by atoms with Crippen molar-refractivity contribution in [3.05, 3.63) is 59.2 Å². The second-order valence-corrected chi connectivity index (χ2v) is 4.04. The lowest BCUT2D eigenvalue weighted by molar-refractivity contribution is 0.112. The zero-order chi connectivity index (χ0) is 14.4. The Morgan fingerprint density at radius 1 is 1.15 bits per heavy atom. The Morgan fingerprint density at radius 3 is 2.55 bits per heavy atom. The highest BCUT2D eigenvalue weighted by Gasteiger charge is 2.11. The van der Waals surface area contributed by atoms with Gasteiger partial charge in [-0.3, -0.25) is 4.79 Å². The molecule has 2 rings (SSSR count). The molecule has 0 radical (unpaired) electrons. The molecule has 0 amide bonds. The first kappa shape index (κ1) is 13.7. The van der Waals surface area contributed by atoms with Gasteiger partial charge in [0.1, 0.15) is 0 Å². The van der Waals surface area contributed by atoms with Gasteiger partial charge in [-0.2, -0.15) is 0 Å². The number of phenolic OH excluding ortho intramolecular Hbond substituents is 1. The topological polar surface area (TPSA) is 46.5 Å². The summed E-state index contributed by atoms with van der Waals surface area (Å²) in [6.07, 6.45) is 0.590. The van der Waals surface area contributed by atoms with Crippen molar-refractivity contribution < 1.29 is 14.6 Å². The summed E-state index contributed by atoms with van der Waals surface area (Å²) in [5.74, 6) is 5.97. The Labute approximate surface area is 117 Å². The minimum Gasteiger partial charge on any atom is -0.504 e. The monoisotopic (exact) mass is 266 g/mol. The Morgan fingerprint density at radius 2 is 1.90 bits per heavy atom. The van der Waals surface area contributed by atoms with E-state index in [0.29, 0.717) is 24.2 Å². The largest absolute Gasteiger partial charge is 0.504 e. The van der Waals surface area contributed by atoms with Crippen LogP contribution >= 0.6 is 0 Å². The third-order valence-electron chi connectivity index (χ3n) is 2.71. The van der Waals surface area contributed by atoms with E-state index in [0.717, 1.165) is 5.56 Å². The van der Waals surface area contributed by atoms with Gasteiger partial charge in [0.2, 0.25) is 0 Å². The molecule has 0 saturated carbocycles. The van der Waals surface area contributed by atoms with E-state index in [4.69, 9.17) is 4.74 Å². The fourth-order valence-electron chi connectivity index (χ4n) is 1.75. The van der Waals surface area contributed by atoms with E-state index in [-0.39, 0.29) is 11.3 Å². The van der Waals surface area contributed by atoms with Crippen LogP contribution in [-0.2, 0) is 0 Å². The first-order valence-corrected chi connectivity index (χ1v) is 6.27. The van der Waals surface area contributed by atoms with Gasteiger partial charge in [-0.1, -0.05) is 30.0 Å². The van der Waals surface area contributed by atoms with Crippen LogP contribution in [0.4, 0.5) is 0 Å². The van der Waals surface area contributed by atoms with Gasteiger partial charge in [-0.25, -0.2) is 0 Å². The number of hydrogen-bond acceptors (Lipinski definition) is 3. The van der Waals surface area contributed by atoms with E-state index in [2.05, 4.69) is 11.8 Å². The lowest BCUT2D eigenvalue weighted by Crippen LogP contribution is -1.96. The number of ether oxygens (including phenoxy) is 1. The highest BCUT2D eigenvalue weighted by Crippen LogP contribution is 2.31. The molecule has 0 bridgehead atoms. The fourth-order valence-corrected chi connectivity index (χ4v) is 1.75.